The van der Waals surface area contributed by atoms with Crippen LogP contribution in [0.5, 0.6) is 0 Å². The molecule has 0 bridgehead atoms. The lowest BCUT2D eigenvalue weighted by atomic mass is 9.82. The standard InChI is InChI=1S/C60H43NO/c1-59(2)52-23-13-11-19-44(52)46-29-27-39(34-54(46)59)61(40-28-30-47-45-20-12-14-24-53(45)60(3,4)55(47)35-40)41-32-50(38-26-25-36-15-5-6-16-37(36)31-38)57-51(33-41)56-48-21-9-7-17-42(48)43-18-8-10-22-49(43)58(56)62-57/h5-35H,1-4H3. The summed E-state index contributed by atoms with van der Waals surface area (Å²) in [6, 6.07) is 69.9. The average Bonchev–Trinajstić information content (AvgIpc) is 3.89. The molecule has 0 radical (unpaired) electrons. The van der Waals surface area contributed by atoms with Crippen molar-refractivity contribution in [2.75, 3.05) is 4.90 Å². The topological polar surface area (TPSA) is 16.4 Å². The van der Waals surface area contributed by atoms with E-state index in [9.17, 15) is 0 Å². The Bertz CT molecular complexity index is 3600. The van der Waals surface area contributed by atoms with Gasteiger partial charge in [0.05, 0.1) is 0 Å². The molecular formula is C60H43NO. The zero-order valence-corrected chi connectivity index (χ0v) is 35.3. The molecule has 0 unspecified atom stereocenters. The van der Waals surface area contributed by atoms with Crippen molar-refractivity contribution in [1.29, 1.82) is 0 Å². The van der Waals surface area contributed by atoms with Crippen molar-refractivity contribution in [2.24, 2.45) is 0 Å². The van der Waals surface area contributed by atoms with Crippen LogP contribution in [-0.2, 0) is 10.8 Å². The number of rotatable bonds is 4. The van der Waals surface area contributed by atoms with Gasteiger partial charge in [0.25, 0.3) is 0 Å². The summed E-state index contributed by atoms with van der Waals surface area (Å²) in [6.45, 7) is 9.49. The van der Waals surface area contributed by atoms with Crippen molar-refractivity contribution in [3.8, 4) is 33.4 Å². The number of hydrogen-bond donors (Lipinski definition) is 0. The number of fused-ring (bicyclic) bond motifs is 15. The number of furan rings is 1. The van der Waals surface area contributed by atoms with E-state index in [2.05, 4.69) is 221 Å². The fraction of sp³-hybridized carbons (Fsp3) is 0.100. The lowest BCUT2D eigenvalue weighted by molar-refractivity contribution is 0.660. The molecule has 294 valence electrons. The Balaban J connectivity index is 1.14. The molecule has 10 aromatic carbocycles. The Morgan fingerprint density at radius 2 is 0.855 bits per heavy atom. The van der Waals surface area contributed by atoms with E-state index < -0.39 is 0 Å². The normalized spacial score (nSPS) is 14.4. The maximum absolute atomic E-state index is 7.25. The van der Waals surface area contributed by atoms with Crippen LogP contribution in [0.15, 0.2) is 192 Å². The van der Waals surface area contributed by atoms with Gasteiger partial charge in [0.15, 0.2) is 0 Å². The Kier molecular flexibility index (Phi) is 7.16. The molecule has 11 aromatic rings. The first-order valence-corrected chi connectivity index (χ1v) is 21.8. The molecule has 0 atom stereocenters. The van der Waals surface area contributed by atoms with Crippen LogP contribution in [-0.4, -0.2) is 0 Å². The van der Waals surface area contributed by atoms with Gasteiger partial charge in [-0.05, 0) is 119 Å². The van der Waals surface area contributed by atoms with Gasteiger partial charge in [-0.25, -0.2) is 0 Å². The lowest BCUT2D eigenvalue weighted by Gasteiger charge is -2.30. The molecule has 0 N–H and O–H groups in total. The molecule has 0 saturated carbocycles. The van der Waals surface area contributed by atoms with E-state index in [-0.39, 0.29) is 10.8 Å². The fourth-order valence-electron chi connectivity index (χ4n) is 11.3. The Morgan fingerprint density at radius 3 is 1.50 bits per heavy atom. The maximum Gasteiger partial charge on any atom is 0.143 e. The third kappa shape index (κ3) is 4.81. The summed E-state index contributed by atoms with van der Waals surface area (Å²) in [6.07, 6.45) is 0. The number of anilines is 3. The molecule has 2 aliphatic rings. The number of nitrogens with zero attached hydrogens (tertiary/aromatic N) is 1. The van der Waals surface area contributed by atoms with Gasteiger partial charge in [0.2, 0.25) is 0 Å². The average molecular weight is 794 g/mol. The summed E-state index contributed by atoms with van der Waals surface area (Å²) < 4.78 is 7.25. The van der Waals surface area contributed by atoms with Crippen LogP contribution in [0.4, 0.5) is 17.1 Å². The van der Waals surface area contributed by atoms with Gasteiger partial charge in [-0.2, -0.15) is 0 Å². The maximum atomic E-state index is 7.25. The van der Waals surface area contributed by atoms with Crippen LogP contribution in [0.1, 0.15) is 49.9 Å². The first-order valence-electron chi connectivity index (χ1n) is 21.8. The van der Waals surface area contributed by atoms with E-state index in [0.717, 1.165) is 55.5 Å². The van der Waals surface area contributed by atoms with E-state index in [0.29, 0.717) is 0 Å². The molecular weight excluding hydrogens is 751 g/mol. The van der Waals surface area contributed by atoms with E-state index in [4.69, 9.17) is 4.42 Å². The first kappa shape index (κ1) is 35.3. The zero-order chi connectivity index (χ0) is 41.5. The molecule has 2 nitrogen and oxygen atoms in total. The van der Waals surface area contributed by atoms with Crippen molar-refractivity contribution in [3.05, 3.63) is 210 Å². The highest BCUT2D eigenvalue weighted by Gasteiger charge is 2.38. The summed E-state index contributed by atoms with van der Waals surface area (Å²) in [5.41, 5.74) is 17.8. The zero-order valence-electron chi connectivity index (χ0n) is 35.3. The Morgan fingerprint density at radius 1 is 0.339 bits per heavy atom. The van der Waals surface area contributed by atoms with Crippen LogP contribution in [0.3, 0.4) is 0 Å². The van der Waals surface area contributed by atoms with Gasteiger partial charge in [0, 0.05) is 49.6 Å². The second-order valence-electron chi connectivity index (χ2n) is 18.5. The van der Waals surface area contributed by atoms with E-state index >= 15 is 0 Å². The second-order valence-corrected chi connectivity index (χ2v) is 18.5. The van der Waals surface area contributed by atoms with Crippen LogP contribution in [0.25, 0.3) is 87.6 Å². The van der Waals surface area contributed by atoms with Crippen LogP contribution in [0, 0.1) is 0 Å². The fourth-order valence-corrected chi connectivity index (χ4v) is 11.3. The van der Waals surface area contributed by atoms with E-state index in [1.165, 1.54) is 71.4 Å². The van der Waals surface area contributed by atoms with Gasteiger partial charge in [-0.15, -0.1) is 0 Å². The largest absolute Gasteiger partial charge is 0.455 e. The van der Waals surface area contributed by atoms with Crippen molar-refractivity contribution >= 4 is 71.3 Å². The summed E-state index contributed by atoms with van der Waals surface area (Å²) >= 11 is 0. The van der Waals surface area contributed by atoms with Gasteiger partial charge < -0.3 is 9.32 Å². The summed E-state index contributed by atoms with van der Waals surface area (Å²) in [5, 5.41) is 9.43. The smallest absolute Gasteiger partial charge is 0.143 e. The third-order valence-electron chi connectivity index (χ3n) is 14.4. The summed E-state index contributed by atoms with van der Waals surface area (Å²) in [4.78, 5) is 2.50. The molecule has 0 saturated heterocycles. The molecule has 0 spiro atoms. The highest BCUT2D eigenvalue weighted by atomic mass is 16.3. The van der Waals surface area contributed by atoms with Crippen molar-refractivity contribution < 1.29 is 4.42 Å². The Labute approximate surface area is 361 Å². The van der Waals surface area contributed by atoms with Crippen molar-refractivity contribution in [3.63, 3.8) is 0 Å². The van der Waals surface area contributed by atoms with Crippen molar-refractivity contribution in [2.45, 2.75) is 38.5 Å². The minimum Gasteiger partial charge on any atom is -0.455 e. The van der Waals surface area contributed by atoms with Crippen molar-refractivity contribution in [1.82, 2.24) is 0 Å². The van der Waals surface area contributed by atoms with E-state index in [1.807, 2.05) is 0 Å². The molecule has 0 fully saturated rings. The molecule has 1 heterocycles. The first-order chi connectivity index (χ1) is 30.3. The molecule has 0 aliphatic heterocycles. The highest BCUT2D eigenvalue weighted by Crippen LogP contribution is 2.54. The van der Waals surface area contributed by atoms with Crippen LogP contribution >= 0.6 is 0 Å². The van der Waals surface area contributed by atoms with Crippen LogP contribution in [0.2, 0.25) is 0 Å². The molecule has 62 heavy (non-hydrogen) atoms. The Hall–Kier alpha value is -7.42. The number of benzene rings is 10. The summed E-state index contributed by atoms with van der Waals surface area (Å²) in [7, 11) is 0. The van der Waals surface area contributed by atoms with Gasteiger partial charge in [0.1, 0.15) is 11.2 Å². The molecule has 2 aliphatic carbocycles. The molecule has 13 rings (SSSR count). The molecule has 2 heteroatoms. The van der Waals surface area contributed by atoms with Gasteiger partial charge >= 0.3 is 0 Å². The third-order valence-corrected chi connectivity index (χ3v) is 14.4. The number of hydrogen-bond acceptors (Lipinski definition) is 2. The van der Waals surface area contributed by atoms with Crippen LogP contribution < -0.4 is 4.90 Å². The lowest BCUT2D eigenvalue weighted by Crippen LogP contribution is -2.18. The molecule has 0 amide bonds. The monoisotopic (exact) mass is 793 g/mol. The minimum atomic E-state index is -0.157. The minimum absolute atomic E-state index is 0.157. The molecule has 1 aromatic heterocycles. The quantitative estimate of drug-likeness (QED) is 0.165. The predicted octanol–water partition coefficient (Wildman–Crippen LogP) is 16.8. The van der Waals surface area contributed by atoms with E-state index in [1.54, 1.807) is 0 Å². The predicted molar refractivity (Wildman–Crippen MR) is 261 cm³/mol. The second kappa shape index (κ2) is 12.6. The summed E-state index contributed by atoms with van der Waals surface area (Å²) in [5.74, 6) is 0. The SMILES string of the molecule is CC1(C)c2ccccc2-c2ccc(N(c3ccc4c(c3)C(C)(C)c3ccccc3-4)c3cc(-c4ccc5ccccc5c4)c4oc5c6ccccc6c6ccccc6c5c4c3)cc21. The highest BCUT2D eigenvalue weighted by molar-refractivity contribution is 6.31. The van der Waals surface area contributed by atoms with Gasteiger partial charge in [-0.1, -0.05) is 173 Å². The van der Waals surface area contributed by atoms with Gasteiger partial charge in [-0.3, -0.25) is 0 Å².